The van der Waals surface area contributed by atoms with Crippen molar-refractivity contribution in [3.63, 3.8) is 0 Å². The van der Waals surface area contributed by atoms with Crippen LogP contribution in [0.2, 0.25) is 0 Å². The zero-order valence-electron chi connectivity index (χ0n) is 15.4. The van der Waals surface area contributed by atoms with Gasteiger partial charge >= 0.3 is 0 Å². The molecule has 1 fully saturated rings. The second-order valence-electron chi connectivity index (χ2n) is 6.92. The van der Waals surface area contributed by atoms with E-state index in [1.807, 2.05) is 67.0 Å². The van der Waals surface area contributed by atoms with Gasteiger partial charge in [-0.1, -0.05) is 52.3 Å². The van der Waals surface area contributed by atoms with Crippen molar-refractivity contribution in [2.45, 2.75) is 12.8 Å². The minimum absolute atomic E-state index is 0.0451. The van der Waals surface area contributed by atoms with Gasteiger partial charge in [0, 0.05) is 41.2 Å². The fourth-order valence-corrected chi connectivity index (χ4v) is 3.85. The quantitative estimate of drug-likeness (QED) is 0.640. The van der Waals surface area contributed by atoms with Crippen LogP contribution < -0.4 is 10.2 Å². The lowest BCUT2D eigenvalue weighted by Crippen LogP contribution is -2.41. The normalized spacial score (nSPS) is 16.6. The number of nitrogens with one attached hydrogen (secondary N) is 1. The van der Waals surface area contributed by atoms with E-state index in [1.165, 1.54) is 0 Å². The number of halogens is 1. The first-order valence-electron chi connectivity index (χ1n) is 9.38. The first kappa shape index (κ1) is 18.6. The summed E-state index contributed by atoms with van der Waals surface area (Å²) in [7, 11) is 0. The van der Waals surface area contributed by atoms with E-state index in [2.05, 4.69) is 36.1 Å². The Morgan fingerprint density at radius 1 is 1.04 bits per heavy atom. The van der Waals surface area contributed by atoms with Crippen LogP contribution in [-0.4, -0.2) is 29.0 Å². The minimum Gasteiger partial charge on any atom is -0.340 e. The highest BCUT2D eigenvalue weighted by atomic mass is 79.9. The smallest absolute Gasteiger partial charge is 0.229 e. The van der Waals surface area contributed by atoms with Gasteiger partial charge in [0.05, 0.1) is 5.92 Å². The summed E-state index contributed by atoms with van der Waals surface area (Å²) in [5, 5.41) is 3.02. The molecule has 0 unspecified atom stereocenters. The Morgan fingerprint density at radius 2 is 1.82 bits per heavy atom. The zero-order valence-corrected chi connectivity index (χ0v) is 17.0. The molecule has 0 spiro atoms. The van der Waals surface area contributed by atoms with Crippen molar-refractivity contribution in [1.82, 2.24) is 9.97 Å². The van der Waals surface area contributed by atoms with Gasteiger partial charge in [-0.25, -0.2) is 9.97 Å². The second kappa shape index (κ2) is 8.52. The lowest BCUT2D eigenvalue weighted by molar-refractivity contribution is -0.120. The van der Waals surface area contributed by atoms with Crippen molar-refractivity contribution < 1.29 is 4.79 Å². The lowest BCUT2D eigenvalue weighted by Gasteiger charge is -2.32. The van der Waals surface area contributed by atoms with Crippen LogP contribution in [0.3, 0.4) is 0 Å². The predicted molar refractivity (Wildman–Crippen MR) is 115 cm³/mol. The van der Waals surface area contributed by atoms with Gasteiger partial charge in [0.25, 0.3) is 0 Å². The summed E-state index contributed by atoms with van der Waals surface area (Å²) in [6.07, 6.45) is 5.52. The average Bonchev–Trinajstić information content (AvgIpc) is 2.75. The topological polar surface area (TPSA) is 58.1 Å². The van der Waals surface area contributed by atoms with Crippen LogP contribution in [-0.2, 0) is 4.79 Å². The summed E-state index contributed by atoms with van der Waals surface area (Å²) in [6.45, 7) is 1.50. The number of rotatable bonds is 4. The van der Waals surface area contributed by atoms with Gasteiger partial charge in [0.1, 0.15) is 0 Å². The molecule has 0 bridgehead atoms. The summed E-state index contributed by atoms with van der Waals surface area (Å²) in [6, 6.07) is 17.7. The van der Waals surface area contributed by atoms with Crippen LogP contribution in [0.5, 0.6) is 0 Å². The highest BCUT2D eigenvalue weighted by Crippen LogP contribution is 2.24. The van der Waals surface area contributed by atoms with E-state index in [1.54, 1.807) is 0 Å². The maximum atomic E-state index is 12.7. The van der Waals surface area contributed by atoms with E-state index in [0.717, 1.165) is 40.7 Å². The molecule has 0 saturated carbocycles. The molecule has 142 valence electrons. The molecule has 2 aromatic carbocycles. The fraction of sp³-hybridized carbons (Fsp3) is 0.227. The molecule has 1 aliphatic rings. The molecule has 5 nitrogen and oxygen atoms in total. The third-order valence-corrected chi connectivity index (χ3v) is 5.41. The summed E-state index contributed by atoms with van der Waals surface area (Å²) in [5.74, 6) is 0.647. The largest absolute Gasteiger partial charge is 0.340 e. The average molecular weight is 437 g/mol. The van der Waals surface area contributed by atoms with Crippen molar-refractivity contribution in [1.29, 1.82) is 0 Å². The molecule has 3 aromatic rings. The van der Waals surface area contributed by atoms with Gasteiger partial charge in [-0.3, -0.25) is 4.79 Å². The van der Waals surface area contributed by atoms with Gasteiger partial charge < -0.3 is 10.2 Å². The Balaban J connectivity index is 1.42. The van der Waals surface area contributed by atoms with Crippen molar-refractivity contribution >= 4 is 33.5 Å². The van der Waals surface area contributed by atoms with Gasteiger partial charge in [0.2, 0.25) is 11.9 Å². The molecule has 2 heterocycles. The number of hydrogen-bond donors (Lipinski definition) is 1. The summed E-state index contributed by atoms with van der Waals surface area (Å²) in [5.41, 5.74) is 2.89. The molecule has 6 heteroatoms. The van der Waals surface area contributed by atoms with Crippen molar-refractivity contribution in [2.24, 2.45) is 5.92 Å². The maximum absolute atomic E-state index is 12.7. The highest BCUT2D eigenvalue weighted by Gasteiger charge is 2.27. The molecule has 1 aromatic heterocycles. The standard InChI is InChI=1S/C22H21BrN4O/c23-19-9-4-10-20(12-19)26-21(28)17-8-5-11-27(15-17)22-24-13-18(14-25-22)16-6-2-1-3-7-16/h1-4,6-7,9-10,12-14,17H,5,8,11,15H2,(H,26,28)/t17-/m0/s1. The Hall–Kier alpha value is -2.73. The minimum atomic E-state index is -0.0786. The third kappa shape index (κ3) is 4.39. The first-order valence-corrected chi connectivity index (χ1v) is 10.2. The van der Waals surface area contributed by atoms with Gasteiger partial charge in [-0.2, -0.15) is 0 Å². The molecular formula is C22H21BrN4O. The third-order valence-electron chi connectivity index (χ3n) is 4.91. The number of carbonyl (C=O) groups excluding carboxylic acids is 1. The van der Waals surface area contributed by atoms with E-state index in [9.17, 15) is 4.79 Å². The molecule has 4 rings (SSSR count). The zero-order chi connectivity index (χ0) is 19.3. The Kier molecular flexibility index (Phi) is 5.67. The number of piperidine rings is 1. The van der Waals surface area contributed by atoms with Gasteiger partial charge in [-0.05, 0) is 36.6 Å². The van der Waals surface area contributed by atoms with E-state index in [-0.39, 0.29) is 11.8 Å². The SMILES string of the molecule is O=C(Nc1cccc(Br)c1)[C@H]1CCCN(c2ncc(-c3ccccc3)cn2)C1. The van der Waals surface area contributed by atoms with Gasteiger partial charge in [0.15, 0.2) is 0 Å². The number of anilines is 2. The monoisotopic (exact) mass is 436 g/mol. The number of benzene rings is 2. The van der Waals surface area contributed by atoms with Crippen molar-refractivity contribution in [3.05, 3.63) is 71.5 Å². The summed E-state index contributed by atoms with van der Waals surface area (Å²) < 4.78 is 0.947. The summed E-state index contributed by atoms with van der Waals surface area (Å²) >= 11 is 3.43. The number of amides is 1. The molecule has 1 N–H and O–H groups in total. The lowest BCUT2D eigenvalue weighted by atomic mass is 9.97. The maximum Gasteiger partial charge on any atom is 0.229 e. The number of hydrogen-bond acceptors (Lipinski definition) is 4. The molecule has 1 amide bonds. The molecule has 0 aliphatic carbocycles. The number of nitrogens with zero attached hydrogens (tertiary/aromatic N) is 3. The summed E-state index contributed by atoms with van der Waals surface area (Å²) in [4.78, 5) is 23.9. The van der Waals surface area contributed by atoms with Crippen LogP contribution >= 0.6 is 15.9 Å². The predicted octanol–water partition coefficient (Wildman–Crippen LogP) is 4.76. The van der Waals surface area contributed by atoms with Crippen LogP contribution in [0.25, 0.3) is 11.1 Å². The Morgan fingerprint density at radius 3 is 2.57 bits per heavy atom. The van der Waals surface area contributed by atoms with Crippen LogP contribution in [0.1, 0.15) is 12.8 Å². The highest BCUT2D eigenvalue weighted by molar-refractivity contribution is 9.10. The molecule has 0 radical (unpaired) electrons. The van der Waals surface area contributed by atoms with E-state index in [0.29, 0.717) is 12.5 Å². The first-order chi connectivity index (χ1) is 13.7. The van der Waals surface area contributed by atoms with Crippen molar-refractivity contribution in [3.8, 4) is 11.1 Å². The van der Waals surface area contributed by atoms with E-state index in [4.69, 9.17) is 0 Å². The van der Waals surface area contributed by atoms with Crippen LogP contribution in [0.15, 0.2) is 71.5 Å². The van der Waals surface area contributed by atoms with Gasteiger partial charge in [-0.15, -0.1) is 0 Å². The fourth-order valence-electron chi connectivity index (χ4n) is 3.45. The molecule has 1 atom stereocenters. The molecule has 28 heavy (non-hydrogen) atoms. The Bertz CT molecular complexity index is 946. The van der Waals surface area contributed by atoms with E-state index >= 15 is 0 Å². The van der Waals surface area contributed by atoms with E-state index < -0.39 is 0 Å². The van der Waals surface area contributed by atoms with Crippen LogP contribution in [0.4, 0.5) is 11.6 Å². The van der Waals surface area contributed by atoms with Crippen molar-refractivity contribution in [2.75, 3.05) is 23.3 Å². The second-order valence-corrected chi connectivity index (χ2v) is 7.84. The molecular weight excluding hydrogens is 416 g/mol. The number of aromatic nitrogens is 2. The molecule has 1 saturated heterocycles. The molecule has 1 aliphatic heterocycles. The van der Waals surface area contributed by atoms with Crippen LogP contribution in [0, 0.1) is 5.92 Å². The number of carbonyl (C=O) groups is 1. The Labute approximate surface area is 173 Å².